The third-order valence-corrected chi connectivity index (χ3v) is 5.35. The predicted molar refractivity (Wildman–Crippen MR) is 70.2 cm³/mol. The number of nitrogens with zero attached hydrogens (tertiary/aromatic N) is 1. The minimum atomic E-state index is -3.76. The largest absolute Gasteiger partial charge is 0.478 e. The van der Waals surface area contributed by atoms with Gasteiger partial charge in [-0.25, -0.2) is 13.2 Å². The second-order valence-corrected chi connectivity index (χ2v) is 6.67. The van der Waals surface area contributed by atoms with Gasteiger partial charge in [0.25, 0.3) is 10.0 Å². The Morgan fingerprint density at radius 2 is 2.11 bits per heavy atom. The summed E-state index contributed by atoms with van der Waals surface area (Å²) in [6.07, 6.45) is 1.56. The van der Waals surface area contributed by atoms with Gasteiger partial charge in [-0.1, -0.05) is 4.47 Å². The molecule has 1 saturated heterocycles. The van der Waals surface area contributed by atoms with E-state index in [1.54, 1.807) is 0 Å². The van der Waals surface area contributed by atoms with Crippen molar-refractivity contribution in [2.75, 3.05) is 13.2 Å². The van der Waals surface area contributed by atoms with E-state index in [1.807, 2.05) is 0 Å². The molecule has 2 rings (SSSR count). The molecule has 0 spiro atoms. The molecule has 0 aromatic heterocycles. The molecule has 19 heavy (non-hydrogen) atoms. The highest BCUT2D eigenvalue weighted by Crippen LogP contribution is 2.27. The molecule has 0 bridgehead atoms. The molecule has 1 N–H and O–H groups in total. The number of rotatable bonds is 3. The predicted octanol–water partition coefficient (Wildman–Crippen LogP) is 1.86. The Hall–Kier alpha value is -0.960. The van der Waals surface area contributed by atoms with E-state index in [2.05, 4.69) is 15.9 Å². The number of hydroxylamine groups is 1. The first-order chi connectivity index (χ1) is 8.93. The molecule has 1 aromatic carbocycles. The Balaban J connectivity index is 2.37. The fraction of sp³-hybridized carbons (Fsp3) is 0.364. The summed E-state index contributed by atoms with van der Waals surface area (Å²) >= 11 is 3.09. The smallest absolute Gasteiger partial charge is 0.335 e. The zero-order valence-electron chi connectivity index (χ0n) is 9.87. The van der Waals surface area contributed by atoms with Gasteiger partial charge >= 0.3 is 5.97 Å². The van der Waals surface area contributed by atoms with Gasteiger partial charge in [-0.15, -0.1) is 0 Å². The lowest BCUT2D eigenvalue weighted by Gasteiger charge is -2.25. The van der Waals surface area contributed by atoms with Crippen molar-refractivity contribution in [3.63, 3.8) is 0 Å². The summed E-state index contributed by atoms with van der Waals surface area (Å²) in [6.45, 7) is 0.666. The van der Waals surface area contributed by atoms with Gasteiger partial charge in [-0.3, -0.25) is 4.84 Å². The number of benzene rings is 1. The minimum absolute atomic E-state index is 0.000556. The lowest BCUT2D eigenvalue weighted by atomic mass is 10.2. The monoisotopic (exact) mass is 349 g/mol. The second-order valence-electron chi connectivity index (χ2n) is 4.02. The van der Waals surface area contributed by atoms with Crippen LogP contribution in [0.5, 0.6) is 0 Å². The highest BCUT2D eigenvalue weighted by Gasteiger charge is 2.29. The maximum atomic E-state index is 12.3. The molecule has 1 heterocycles. The normalized spacial score (nSPS) is 17.3. The standard InChI is InChI=1S/C11H12BrNO5S/c12-9-7-8(11(14)15)3-4-10(9)19(16,17)13-5-1-2-6-18-13/h3-4,7H,1-2,5-6H2,(H,14,15). The Morgan fingerprint density at radius 3 is 2.63 bits per heavy atom. The van der Waals surface area contributed by atoms with Gasteiger partial charge in [-0.05, 0) is 47.0 Å². The van der Waals surface area contributed by atoms with Crippen LogP contribution < -0.4 is 0 Å². The van der Waals surface area contributed by atoms with Crippen LogP contribution in [0.15, 0.2) is 27.6 Å². The number of hydrogen-bond acceptors (Lipinski definition) is 4. The third kappa shape index (κ3) is 2.97. The number of carbonyl (C=O) groups is 1. The van der Waals surface area contributed by atoms with Crippen molar-refractivity contribution in [1.29, 1.82) is 0 Å². The Labute approximate surface area is 119 Å². The van der Waals surface area contributed by atoms with Crippen molar-refractivity contribution >= 4 is 31.9 Å². The lowest BCUT2D eigenvalue weighted by Crippen LogP contribution is -2.35. The van der Waals surface area contributed by atoms with E-state index in [0.717, 1.165) is 17.3 Å². The zero-order chi connectivity index (χ0) is 14.0. The quantitative estimate of drug-likeness (QED) is 0.900. The van der Waals surface area contributed by atoms with Gasteiger partial charge in [0.15, 0.2) is 0 Å². The molecule has 0 unspecified atom stereocenters. The molecule has 0 amide bonds. The van der Waals surface area contributed by atoms with Crippen LogP contribution in [0.2, 0.25) is 0 Å². The van der Waals surface area contributed by atoms with Gasteiger partial charge in [0.2, 0.25) is 0 Å². The van der Waals surface area contributed by atoms with Crippen molar-refractivity contribution in [1.82, 2.24) is 4.47 Å². The van der Waals surface area contributed by atoms with Crippen LogP contribution >= 0.6 is 15.9 Å². The van der Waals surface area contributed by atoms with E-state index in [-0.39, 0.29) is 14.9 Å². The Kier molecular flexibility index (Phi) is 4.24. The summed E-state index contributed by atoms with van der Waals surface area (Å²) in [5.41, 5.74) is 0.0189. The van der Waals surface area contributed by atoms with E-state index in [9.17, 15) is 13.2 Å². The maximum Gasteiger partial charge on any atom is 0.335 e. The molecule has 0 radical (unpaired) electrons. The SMILES string of the molecule is O=C(O)c1ccc(S(=O)(=O)N2CCCCO2)c(Br)c1. The first-order valence-corrected chi connectivity index (χ1v) is 7.85. The number of hydrogen-bond donors (Lipinski definition) is 1. The Morgan fingerprint density at radius 1 is 1.37 bits per heavy atom. The van der Waals surface area contributed by atoms with Crippen LogP contribution in [0, 0.1) is 0 Å². The molecule has 104 valence electrons. The van der Waals surface area contributed by atoms with E-state index in [1.165, 1.54) is 18.2 Å². The molecular weight excluding hydrogens is 338 g/mol. The van der Waals surface area contributed by atoms with E-state index in [4.69, 9.17) is 9.94 Å². The topological polar surface area (TPSA) is 83.9 Å². The van der Waals surface area contributed by atoms with Crippen LogP contribution in [0.1, 0.15) is 23.2 Å². The number of carboxylic acid groups (broad SMARTS) is 1. The van der Waals surface area contributed by atoms with E-state index < -0.39 is 16.0 Å². The lowest BCUT2D eigenvalue weighted by molar-refractivity contribution is -0.108. The molecule has 6 nitrogen and oxygen atoms in total. The average Bonchev–Trinajstić information content (AvgIpc) is 2.39. The van der Waals surface area contributed by atoms with Crippen LogP contribution in [0.4, 0.5) is 0 Å². The third-order valence-electron chi connectivity index (χ3n) is 2.70. The van der Waals surface area contributed by atoms with Crippen LogP contribution in [-0.2, 0) is 14.9 Å². The van der Waals surface area contributed by atoms with Crippen LogP contribution in [-0.4, -0.2) is 37.1 Å². The number of sulfonamides is 1. The molecule has 1 aromatic rings. The van der Waals surface area contributed by atoms with E-state index in [0.29, 0.717) is 13.2 Å². The first kappa shape index (κ1) is 14.4. The maximum absolute atomic E-state index is 12.3. The van der Waals surface area contributed by atoms with Gasteiger partial charge in [-0.2, -0.15) is 0 Å². The summed E-state index contributed by atoms with van der Waals surface area (Å²) < 4.78 is 25.8. The van der Waals surface area contributed by atoms with Crippen LogP contribution in [0.25, 0.3) is 0 Å². The Bertz CT molecular complexity index is 595. The fourth-order valence-electron chi connectivity index (χ4n) is 1.72. The van der Waals surface area contributed by atoms with Crippen LogP contribution in [0.3, 0.4) is 0 Å². The van der Waals surface area contributed by atoms with E-state index >= 15 is 0 Å². The van der Waals surface area contributed by atoms with Crippen molar-refractivity contribution in [3.05, 3.63) is 28.2 Å². The highest BCUT2D eigenvalue weighted by atomic mass is 79.9. The summed E-state index contributed by atoms with van der Waals surface area (Å²) in [6, 6.07) is 3.78. The molecule has 1 aliphatic heterocycles. The van der Waals surface area contributed by atoms with Gasteiger partial charge in [0.05, 0.1) is 17.1 Å². The number of aromatic carboxylic acids is 1. The zero-order valence-corrected chi connectivity index (χ0v) is 12.3. The molecule has 0 aliphatic carbocycles. The molecule has 8 heteroatoms. The van der Waals surface area contributed by atoms with Gasteiger partial charge in [0.1, 0.15) is 0 Å². The first-order valence-electron chi connectivity index (χ1n) is 5.61. The summed E-state index contributed by atoms with van der Waals surface area (Å²) in [7, 11) is -3.76. The summed E-state index contributed by atoms with van der Waals surface area (Å²) in [4.78, 5) is 15.9. The number of carboxylic acids is 1. The number of halogens is 1. The fourth-order valence-corrected chi connectivity index (χ4v) is 4.06. The average molecular weight is 350 g/mol. The van der Waals surface area contributed by atoms with Crippen molar-refractivity contribution in [3.8, 4) is 0 Å². The molecule has 0 saturated carbocycles. The molecule has 1 aliphatic rings. The van der Waals surface area contributed by atoms with Gasteiger partial charge in [0, 0.05) is 11.0 Å². The second kappa shape index (κ2) is 5.58. The molecule has 0 atom stereocenters. The minimum Gasteiger partial charge on any atom is -0.478 e. The summed E-state index contributed by atoms with van der Waals surface area (Å²) in [5, 5.41) is 8.85. The van der Waals surface area contributed by atoms with Crippen molar-refractivity contribution in [2.24, 2.45) is 0 Å². The van der Waals surface area contributed by atoms with Crippen molar-refractivity contribution in [2.45, 2.75) is 17.7 Å². The van der Waals surface area contributed by atoms with Gasteiger partial charge < -0.3 is 5.11 Å². The molecule has 1 fully saturated rings. The van der Waals surface area contributed by atoms with Crippen molar-refractivity contribution < 1.29 is 23.2 Å². The highest BCUT2D eigenvalue weighted by molar-refractivity contribution is 9.10. The summed E-state index contributed by atoms with van der Waals surface area (Å²) in [5.74, 6) is -1.11. The molecular formula is C11H12BrNO5S.